The van der Waals surface area contributed by atoms with Gasteiger partial charge in [-0.2, -0.15) is 0 Å². The van der Waals surface area contributed by atoms with Crippen molar-refractivity contribution in [3.8, 4) is 0 Å². The fraction of sp³-hybridized carbons (Fsp3) is 0.400. The minimum absolute atomic E-state index is 0.167. The molecule has 1 aliphatic heterocycles. The molecule has 1 saturated heterocycles. The van der Waals surface area contributed by atoms with Gasteiger partial charge in [0.2, 0.25) is 5.91 Å². The molecule has 1 amide bonds. The molecule has 0 N–H and O–H groups in total. The number of pyridine rings is 1. The van der Waals surface area contributed by atoms with E-state index in [9.17, 15) is 4.79 Å². The lowest BCUT2D eigenvalue weighted by Gasteiger charge is -2.14. The van der Waals surface area contributed by atoms with E-state index in [2.05, 4.69) is 4.98 Å². The standard InChI is InChI=1S/C10H12N2O/c1-8-4-6-12(10(8)13)9-3-2-5-11-7-9/h2-3,5,7-8H,4,6H2,1H3. The molecule has 0 radical (unpaired) electrons. The average molecular weight is 176 g/mol. The van der Waals surface area contributed by atoms with E-state index < -0.39 is 0 Å². The van der Waals surface area contributed by atoms with E-state index in [0.29, 0.717) is 0 Å². The molecule has 3 heteroatoms. The van der Waals surface area contributed by atoms with E-state index in [-0.39, 0.29) is 11.8 Å². The molecule has 2 heterocycles. The van der Waals surface area contributed by atoms with Crippen molar-refractivity contribution in [2.45, 2.75) is 13.3 Å². The molecule has 0 saturated carbocycles. The van der Waals surface area contributed by atoms with E-state index in [4.69, 9.17) is 0 Å². The van der Waals surface area contributed by atoms with Crippen molar-refractivity contribution in [2.75, 3.05) is 11.4 Å². The smallest absolute Gasteiger partial charge is 0.229 e. The number of carbonyl (C=O) groups is 1. The Balaban J connectivity index is 2.24. The Morgan fingerprint density at radius 2 is 2.46 bits per heavy atom. The van der Waals surface area contributed by atoms with Crippen LogP contribution in [0, 0.1) is 5.92 Å². The highest BCUT2D eigenvalue weighted by Gasteiger charge is 2.28. The highest BCUT2D eigenvalue weighted by atomic mass is 16.2. The number of hydrogen-bond acceptors (Lipinski definition) is 2. The van der Waals surface area contributed by atoms with Crippen LogP contribution >= 0.6 is 0 Å². The molecule has 1 fully saturated rings. The Hall–Kier alpha value is -1.38. The van der Waals surface area contributed by atoms with Crippen LogP contribution in [0.2, 0.25) is 0 Å². The van der Waals surface area contributed by atoms with Gasteiger partial charge in [-0.05, 0) is 18.6 Å². The third kappa shape index (κ3) is 1.41. The Morgan fingerprint density at radius 1 is 1.62 bits per heavy atom. The maximum atomic E-state index is 11.6. The minimum atomic E-state index is 0.167. The Bertz CT molecular complexity index is 310. The summed E-state index contributed by atoms with van der Waals surface area (Å²) < 4.78 is 0. The summed E-state index contributed by atoms with van der Waals surface area (Å²) in [6.07, 6.45) is 4.40. The van der Waals surface area contributed by atoms with E-state index in [0.717, 1.165) is 18.7 Å². The van der Waals surface area contributed by atoms with Gasteiger partial charge in [0.05, 0.1) is 11.9 Å². The second-order valence-electron chi connectivity index (χ2n) is 3.39. The zero-order valence-corrected chi connectivity index (χ0v) is 7.60. The molecule has 1 aromatic rings. The summed E-state index contributed by atoms with van der Waals surface area (Å²) in [5.74, 6) is 0.383. The number of hydrogen-bond donors (Lipinski definition) is 0. The average Bonchev–Trinajstić information content (AvgIpc) is 2.49. The van der Waals surface area contributed by atoms with Crippen molar-refractivity contribution >= 4 is 11.6 Å². The van der Waals surface area contributed by atoms with Crippen molar-refractivity contribution in [1.29, 1.82) is 0 Å². The molecule has 0 aliphatic carbocycles. The van der Waals surface area contributed by atoms with Crippen LogP contribution < -0.4 is 4.90 Å². The number of nitrogens with zero attached hydrogens (tertiary/aromatic N) is 2. The second-order valence-corrected chi connectivity index (χ2v) is 3.39. The fourth-order valence-corrected chi connectivity index (χ4v) is 1.59. The van der Waals surface area contributed by atoms with Gasteiger partial charge < -0.3 is 4.90 Å². The van der Waals surface area contributed by atoms with Gasteiger partial charge in [0.15, 0.2) is 0 Å². The first-order valence-electron chi connectivity index (χ1n) is 4.50. The van der Waals surface area contributed by atoms with Crippen LogP contribution in [0.3, 0.4) is 0 Å². The van der Waals surface area contributed by atoms with Crippen LogP contribution in [0.4, 0.5) is 5.69 Å². The lowest BCUT2D eigenvalue weighted by Crippen LogP contribution is -2.26. The monoisotopic (exact) mass is 176 g/mol. The van der Waals surface area contributed by atoms with Gasteiger partial charge in [0.1, 0.15) is 0 Å². The van der Waals surface area contributed by atoms with Crippen LogP contribution in [0.15, 0.2) is 24.5 Å². The summed E-state index contributed by atoms with van der Waals surface area (Å²) in [4.78, 5) is 17.4. The third-order valence-electron chi connectivity index (χ3n) is 2.43. The second kappa shape index (κ2) is 3.17. The Labute approximate surface area is 77.4 Å². The van der Waals surface area contributed by atoms with Gasteiger partial charge in [-0.15, -0.1) is 0 Å². The summed E-state index contributed by atoms with van der Waals surface area (Å²) in [5.41, 5.74) is 0.914. The first kappa shape index (κ1) is 8.23. The van der Waals surface area contributed by atoms with Crippen LogP contribution in [0.1, 0.15) is 13.3 Å². The van der Waals surface area contributed by atoms with Crippen molar-refractivity contribution in [3.63, 3.8) is 0 Å². The summed E-state index contributed by atoms with van der Waals surface area (Å²) in [5, 5.41) is 0. The molecule has 0 bridgehead atoms. The zero-order chi connectivity index (χ0) is 9.26. The van der Waals surface area contributed by atoms with Crippen molar-refractivity contribution in [2.24, 2.45) is 5.92 Å². The summed E-state index contributed by atoms with van der Waals surface area (Å²) in [7, 11) is 0. The molecule has 68 valence electrons. The first-order chi connectivity index (χ1) is 6.29. The summed E-state index contributed by atoms with van der Waals surface area (Å²) in [6.45, 7) is 2.80. The predicted octanol–water partition coefficient (Wildman–Crippen LogP) is 1.45. The SMILES string of the molecule is CC1CCN(c2cccnc2)C1=O. The molecule has 2 rings (SSSR count). The third-order valence-corrected chi connectivity index (χ3v) is 2.43. The van der Waals surface area contributed by atoms with E-state index in [1.54, 1.807) is 17.3 Å². The van der Waals surface area contributed by atoms with Crippen LogP contribution in [0.25, 0.3) is 0 Å². The van der Waals surface area contributed by atoms with Gasteiger partial charge in [-0.1, -0.05) is 6.92 Å². The van der Waals surface area contributed by atoms with Crippen LogP contribution in [-0.4, -0.2) is 17.4 Å². The van der Waals surface area contributed by atoms with Crippen molar-refractivity contribution in [1.82, 2.24) is 4.98 Å². The molecule has 1 atom stereocenters. The maximum Gasteiger partial charge on any atom is 0.229 e. The lowest BCUT2D eigenvalue weighted by atomic mass is 10.1. The molecule has 13 heavy (non-hydrogen) atoms. The molecule has 0 spiro atoms. The number of carbonyl (C=O) groups excluding carboxylic acids is 1. The van der Waals surface area contributed by atoms with E-state index >= 15 is 0 Å². The van der Waals surface area contributed by atoms with Gasteiger partial charge >= 0.3 is 0 Å². The Kier molecular flexibility index (Phi) is 2.00. The van der Waals surface area contributed by atoms with Gasteiger partial charge in [-0.25, -0.2) is 0 Å². The van der Waals surface area contributed by atoms with Gasteiger partial charge in [0.25, 0.3) is 0 Å². The predicted molar refractivity (Wildman–Crippen MR) is 50.4 cm³/mol. The molecule has 3 nitrogen and oxygen atoms in total. The van der Waals surface area contributed by atoms with Crippen LogP contribution in [0.5, 0.6) is 0 Å². The van der Waals surface area contributed by atoms with Crippen molar-refractivity contribution < 1.29 is 4.79 Å². The highest BCUT2D eigenvalue weighted by Crippen LogP contribution is 2.23. The largest absolute Gasteiger partial charge is 0.311 e. The minimum Gasteiger partial charge on any atom is -0.311 e. The molecule has 0 aromatic carbocycles. The van der Waals surface area contributed by atoms with Crippen molar-refractivity contribution in [3.05, 3.63) is 24.5 Å². The lowest BCUT2D eigenvalue weighted by molar-refractivity contribution is -0.119. The number of rotatable bonds is 1. The van der Waals surface area contributed by atoms with Crippen LogP contribution in [-0.2, 0) is 4.79 Å². The maximum absolute atomic E-state index is 11.6. The topological polar surface area (TPSA) is 33.2 Å². The Morgan fingerprint density at radius 3 is 3.00 bits per heavy atom. The fourth-order valence-electron chi connectivity index (χ4n) is 1.59. The molecule has 1 aromatic heterocycles. The van der Waals surface area contributed by atoms with E-state index in [1.807, 2.05) is 19.1 Å². The highest BCUT2D eigenvalue weighted by molar-refractivity contribution is 5.96. The number of amides is 1. The molecule has 1 aliphatic rings. The number of aromatic nitrogens is 1. The normalized spacial score (nSPS) is 22.4. The summed E-state index contributed by atoms with van der Waals surface area (Å²) in [6, 6.07) is 3.77. The van der Waals surface area contributed by atoms with E-state index in [1.165, 1.54) is 0 Å². The zero-order valence-electron chi connectivity index (χ0n) is 7.60. The summed E-state index contributed by atoms with van der Waals surface area (Å²) >= 11 is 0. The number of anilines is 1. The first-order valence-corrected chi connectivity index (χ1v) is 4.50. The van der Waals surface area contributed by atoms with Gasteiger partial charge in [-0.3, -0.25) is 9.78 Å². The molecular weight excluding hydrogens is 164 g/mol. The molecular formula is C10H12N2O. The molecule has 1 unspecified atom stereocenters. The quantitative estimate of drug-likeness (QED) is 0.649. The van der Waals surface area contributed by atoms with Gasteiger partial charge in [0, 0.05) is 18.7 Å².